The minimum Gasteiger partial charge on any atom is -0.481 e. The van der Waals surface area contributed by atoms with Crippen molar-refractivity contribution < 1.29 is 14.3 Å². The van der Waals surface area contributed by atoms with Gasteiger partial charge in [-0.15, -0.1) is 0 Å². The molecule has 0 aromatic heterocycles. The van der Waals surface area contributed by atoms with E-state index in [0.29, 0.717) is 24.0 Å². The van der Waals surface area contributed by atoms with E-state index in [4.69, 9.17) is 21.1 Å². The van der Waals surface area contributed by atoms with Gasteiger partial charge in [-0.2, -0.15) is 0 Å². The minimum atomic E-state index is -0.599. The fraction of sp³-hybridized carbons (Fsp3) is 0.381. The summed E-state index contributed by atoms with van der Waals surface area (Å²) in [5.74, 6) is 0.500. The number of ether oxygens (including phenoxy) is 2. The van der Waals surface area contributed by atoms with Crippen molar-refractivity contribution in [3.8, 4) is 5.75 Å². The van der Waals surface area contributed by atoms with Crippen molar-refractivity contribution in [1.82, 2.24) is 5.32 Å². The zero-order valence-electron chi connectivity index (χ0n) is 15.5. The minimum absolute atomic E-state index is 0.0522. The summed E-state index contributed by atoms with van der Waals surface area (Å²) in [6.07, 6.45) is 0.186. The molecule has 0 saturated heterocycles. The summed E-state index contributed by atoms with van der Waals surface area (Å²) in [4.78, 5) is 12.4. The molecule has 1 N–H and O–H groups in total. The van der Waals surface area contributed by atoms with Gasteiger partial charge in [0.05, 0.1) is 19.3 Å². The molecular formula is C21H26ClNO3. The van der Waals surface area contributed by atoms with E-state index in [9.17, 15) is 4.79 Å². The van der Waals surface area contributed by atoms with Crippen LogP contribution >= 0.6 is 11.6 Å². The zero-order chi connectivity index (χ0) is 18.9. The largest absolute Gasteiger partial charge is 0.481 e. The molecule has 0 aliphatic carbocycles. The summed E-state index contributed by atoms with van der Waals surface area (Å²) >= 11 is 5.95. The summed E-state index contributed by atoms with van der Waals surface area (Å²) in [6, 6.07) is 15.3. The molecule has 0 aliphatic heterocycles. The highest BCUT2D eigenvalue weighted by molar-refractivity contribution is 6.30. The number of benzene rings is 2. The van der Waals surface area contributed by atoms with Gasteiger partial charge in [0.25, 0.3) is 5.91 Å². The number of carbonyl (C=O) groups is 1. The van der Waals surface area contributed by atoms with E-state index in [0.717, 1.165) is 17.5 Å². The number of hydrogen-bond acceptors (Lipinski definition) is 3. The number of carbonyl (C=O) groups excluding carboxylic acids is 1. The monoisotopic (exact) mass is 375 g/mol. The molecule has 26 heavy (non-hydrogen) atoms. The molecule has 2 rings (SSSR count). The van der Waals surface area contributed by atoms with Crippen LogP contribution < -0.4 is 10.1 Å². The van der Waals surface area contributed by atoms with Gasteiger partial charge in [0.1, 0.15) is 5.75 Å². The first-order chi connectivity index (χ1) is 12.5. The van der Waals surface area contributed by atoms with Crippen LogP contribution in [0.1, 0.15) is 31.4 Å². The molecule has 0 unspecified atom stereocenters. The van der Waals surface area contributed by atoms with Crippen molar-refractivity contribution >= 4 is 17.5 Å². The van der Waals surface area contributed by atoms with Crippen LogP contribution in [-0.4, -0.2) is 24.7 Å². The molecule has 0 heterocycles. The van der Waals surface area contributed by atoms with Crippen molar-refractivity contribution in [2.24, 2.45) is 0 Å². The van der Waals surface area contributed by atoms with Gasteiger partial charge in [0, 0.05) is 5.02 Å². The number of hydrogen-bond donors (Lipinski definition) is 1. The molecule has 0 spiro atoms. The molecule has 2 aromatic rings. The fourth-order valence-corrected chi connectivity index (χ4v) is 2.69. The standard InChI is InChI=1S/C21H26ClNO3/c1-4-19(14-25-13-17-8-6-5-7-9-17)23-21(24)16(3)26-20-11-10-18(22)12-15(20)2/h5-12,16,19H,4,13-14H2,1-3H3,(H,23,24)/t16-,19-/m1/s1. The lowest BCUT2D eigenvalue weighted by molar-refractivity contribution is -0.128. The van der Waals surface area contributed by atoms with Crippen LogP contribution in [0.5, 0.6) is 5.75 Å². The van der Waals surface area contributed by atoms with Crippen LogP contribution in [0.3, 0.4) is 0 Å². The van der Waals surface area contributed by atoms with Crippen LogP contribution in [-0.2, 0) is 16.1 Å². The van der Waals surface area contributed by atoms with E-state index < -0.39 is 6.10 Å². The molecule has 5 heteroatoms. The molecule has 140 valence electrons. The van der Waals surface area contributed by atoms with Gasteiger partial charge in [-0.05, 0) is 49.6 Å². The van der Waals surface area contributed by atoms with E-state index in [1.54, 1.807) is 19.1 Å². The Morgan fingerprint density at radius 1 is 1.19 bits per heavy atom. The second-order valence-electron chi connectivity index (χ2n) is 6.28. The maximum atomic E-state index is 12.4. The quantitative estimate of drug-likeness (QED) is 0.700. The van der Waals surface area contributed by atoms with Gasteiger partial charge >= 0.3 is 0 Å². The van der Waals surface area contributed by atoms with E-state index in [1.165, 1.54) is 0 Å². The summed E-state index contributed by atoms with van der Waals surface area (Å²) in [7, 11) is 0. The Kier molecular flexibility index (Phi) is 7.95. The third kappa shape index (κ3) is 6.36. The van der Waals surface area contributed by atoms with Crippen molar-refractivity contribution in [2.45, 2.75) is 45.9 Å². The molecule has 0 fully saturated rings. The van der Waals surface area contributed by atoms with E-state index in [-0.39, 0.29) is 11.9 Å². The summed E-state index contributed by atoms with van der Waals surface area (Å²) in [5, 5.41) is 3.64. The first-order valence-electron chi connectivity index (χ1n) is 8.84. The molecule has 0 radical (unpaired) electrons. The van der Waals surface area contributed by atoms with Crippen LogP contribution in [0.15, 0.2) is 48.5 Å². The Balaban J connectivity index is 1.81. The third-order valence-corrected chi connectivity index (χ3v) is 4.31. The van der Waals surface area contributed by atoms with Gasteiger partial charge in [-0.25, -0.2) is 0 Å². The summed E-state index contributed by atoms with van der Waals surface area (Å²) in [5.41, 5.74) is 2.01. The average molecular weight is 376 g/mol. The lowest BCUT2D eigenvalue weighted by Crippen LogP contribution is -2.44. The first kappa shape index (κ1) is 20.3. The Bertz CT molecular complexity index is 706. The topological polar surface area (TPSA) is 47.6 Å². The Morgan fingerprint density at radius 2 is 1.92 bits per heavy atom. The smallest absolute Gasteiger partial charge is 0.261 e. The van der Waals surface area contributed by atoms with Gasteiger partial charge in [-0.1, -0.05) is 48.9 Å². The fourth-order valence-electron chi connectivity index (χ4n) is 2.46. The van der Waals surface area contributed by atoms with Gasteiger partial charge in [0.15, 0.2) is 6.10 Å². The third-order valence-electron chi connectivity index (χ3n) is 4.08. The van der Waals surface area contributed by atoms with Crippen molar-refractivity contribution in [2.75, 3.05) is 6.61 Å². The highest BCUT2D eigenvalue weighted by Gasteiger charge is 2.19. The lowest BCUT2D eigenvalue weighted by Gasteiger charge is -2.21. The van der Waals surface area contributed by atoms with Gasteiger partial charge in [0.2, 0.25) is 0 Å². The maximum Gasteiger partial charge on any atom is 0.261 e. The lowest BCUT2D eigenvalue weighted by atomic mass is 10.2. The maximum absolute atomic E-state index is 12.4. The molecular weight excluding hydrogens is 350 g/mol. The second-order valence-corrected chi connectivity index (χ2v) is 6.72. The van der Waals surface area contributed by atoms with Crippen molar-refractivity contribution in [3.05, 3.63) is 64.7 Å². The Morgan fingerprint density at radius 3 is 2.58 bits per heavy atom. The van der Waals surface area contributed by atoms with Crippen LogP contribution in [0, 0.1) is 6.92 Å². The molecule has 2 aromatic carbocycles. The molecule has 2 atom stereocenters. The highest BCUT2D eigenvalue weighted by Crippen LogP contribution is 2.22. The molecule has 0 bridgehead atoms. The van der Waals surface area contributed by atoms with Gasteiger partial charge < -0.3 is 14.8 Å². The highest BCUT2D eigenvalue weighted by atomic mass is 35.5. The number of rotatable bonds is 9. The average Bonchev–Trinajstić information content (AvgIpc) is 2.63. The molecule has 1 amide bonds. The van der Waals surface area contributed by atoms with Gasteiger partial charge in [-0.3, -0.25) is 4.79 Å². The Labute approximate surface area is 160 Å². The normalized spacial score (nSPS) is 13.1. The van der Waals surface area contributed by atoms with Crippen LogP contribution in [0.2, 0.25) is 5.02 Å². The van der Waals surface area contributed by atoms with Crippen molar-refractivity contribution in [1.29, 1.82) is 0 Å². The van der Waals surface area contributed by atoms with Crippen LogP contribution in [0.25, 0.3) is 0 Å². The molecule has 4 nitrogen and oxygen atoms in total. The second kappa shape index (κ2) is 10.2. The Hall–Kier alpha value is -2.04. The summed E-state index contributed by atoms with van der Waals surface area (Å²) < 4.78 is 11.5. The number of amides is 1. The van der Waals surface area contributed by atoms with E-state index in [2.05, 4.69) is 5.32 Å². The number of nitrogens with one attached hydrogen (secondary N) is 1. The molecule has 0 saturated carbocycles. The van der Waals surface area contributed by atoms with Crippen molar-refractivity contribution in [3.63, 3.8) is 0 Å². The SMILES string of the molecule is CC[C@H](COCc1ccccc1)NC(=O)[C@@H](C)Oc1ccc(Cl)cc1C. The predicted octanol–water partition coefficient (Wildman–Crippen LogP) is 4.53. The van der Waals surface area contributed by atoms with E-state index in [1.807, 2.05) is 50.2 Å². The summed E-state index contributed by atoms with van der Waals surface area (Å²) in [6.45, 7) is 6.65. The van der Waals surface area contributed by atoms with Crippen LogP contribution in [0.4, 0.5) is 0 Å². The zero-order valence-corrected chi connectivity index (χ0v) is 16.3. The number of halogens is 1. The predicted molar refractivity (Wildman–Crippen MR) is 105 cm³/mol. The number of aryl methyl sites for hydroxylation is 1. The molecule has 0 aliphatic rings. The van der Waals surface area contributed by atoms with E-state index >= 15 is 0 Å². The first-order valence-corrected chi connectivity index (χ1v) is 9.22.